The number of fused-ring (bicyclic) bond motifs is 1. The Morgan fingerprint density at radius 3 is 2.68 bits per heavy atom. The number of hydrogen-bond donors (Lipinski definition) is 3. The van der Waals surface area contributed by atoms with E-state index in [1.807, 2.05) is 6.92 Å². The molecule has 1 aliphatic heterocycles. The van der Waals surface area contributed by atoms with Crippen LogP contribution in [0.3, 0.4) is 0 Å². The van der Waals surface area contributed by atoms with E-state index in [4.69, 9.17) is 9.47 Å². The van der Waals surface area contributed by atoms with Crippen molar-refractivity contribution in [3.63, 3.8) is 0 Å². The third-order valence-corrected chi connectivity index (χ3v) is 6.09. The number of amides is 3. The summed E-state index contributed by atoms with van der Waals surface area (Å²) in [5.74, 6) is 5.74. The molecule has 3 amide bonds. The van der Waals surface area contributed by atoms with E-state index < -0.39 is 18.2 Å². The van der Waals surface area contributed by atoms with Crippen molar-refractivity contribution in [3.05, 3.63) is 47.7 Å². The minimum absolute atomic E-state index is 0.128. The molecule has 0 saturated heterocycles. The molecule has 0 spiro atoms. The number of urea groups is 1. The monoisotopic (exact) mass is 510 g/mol. The first kappa shape index (κ1) is 27.8. The number of aliphatic hydroxyl groups excluding tert-OH is 2. The topological polar surface area (TPSA) is 124 Å². The van der Waals surface area contributed by atoms with Crippen molar-refractivity contribution in [2.75, 3.05) is 39.2 Å². The molecule has 198 valence electrons. The number of methoxy groups -OCH3 is 1. The molecule has 37 heavy (non-hydrogen) atoms. The molecule has 0 bridgehead atoms. The van der Waals surface area contributed by atoms with Gasteiger partial charge in [-0.1, -0.05) is 18.8 Å². The maximum atomic E-state index is 13.4. The van der Waals surface area contributed by atoms with Crippen molar-refractivity contribution in [1.82, 2.24) is 14.8 Å². The van der Waals surface area contributed by atoms with Gasteiger partial charge in [0.1, 0.15) is 23.5 Å². The smallest absolute Gasteiger partial charge is 0.321 e. The zero-order valence-electron chi connectivity index (χ0n) is 21.8. The minimum atomic E-state index is -0.829. The number of nitrogens with one attached hydrogen (secondary N) is 1. The second kappa shape index (κ2) is 12.4. The van der Waals surface area contributed by atoms with Gasteiger partial charge in [0.15, 0.2) is 0 Å². The molecule has 3 N–H and O–H groups in total. The van der Waals surface area contributed by atoms with E-state index in [1.165, 1.54) is 11.1 Å². The number of carbonyl (C=O) groups is 2. The van der Waals surface area contributed by atoms with Crippen molar-refractivity contribution in [3.8, 4) is 23.5 Å². The summed E-state index contributed by atoms with van der Waals surface area (Å²) in [7, 11) is 3.24. The highest BCUT2D eigenvalue weighted by molar-refractivity contribution is 5.97. The fraction of sp³-hybridized carbons (Fsp3) is 0.444. The maximum Gasteiger partial charge on any atom is 0.321 e. The predicted octanol–water partition coefficient (Wildman–Crippen LogP) is 2.21. The van der Waals surface area contributed by atoms with Gasteiger partial charge in [0.25, 0.3) is 5.91 Å². The number of rotatable bonds is 6. The summed E-state index contributed by atoms with van der Waals surface area (Å²) >= 11 is 0. The Hall–Kier alpha value is -3.81. The van der Waals surface area contributed by atoms with Crippen molar-refractivity contribution in [2.45, 2.75) is 39.0 Å². The zero-order chi connectivity index (χ0) is 27.1. The highest BCUT2D eigenvalue weighted by Crippen LogP contribution is 2.27. The lowest BCUT2D eigenvalue weighted by Gasteiger charge is -2.37. The first-order valence-corrected chi connectivity index (χ1v) is 12.1. The minimum Gasteiger partial charge on any atom is -0.497 e. The molecule has 10 heteroatoms. The van der Waals surface area contributed by atoms with Crippen molar-refractivity contribution < 1.29 is 29.3 Å². The number of benzene rings is 1. The van der Waals surface area contributed by atoms with E-state index in [-0.39, 0.29) is 42.5 Å². The highest BCUT2D eigenvalue weighted by atomic mass is 16.5. The van der Waals surface area contributed by atoms with E-state index in [9.17, 15) is 19.8 Å². The van der Waals surface area contributed by atoms with Crippen LogP contribution < -0.4 is 14.8 Å². The maximum absolute atomic E-state index is 13.4. The van der Waals surface area contributed by atoms with E-state index in [0.717, 1.165) is 0 Å². The zero-order valence-corrected chi connectivity index (χ0v) is 21.8. The number of hydrogen-bond acceptors (Lipinski definition) is 7. The van der Waals surface area contributed by atoms with E-state index in [1.54, 1.807) is 63.2 Å². The molecular weight excluding hydrogens is 476 g/mol. The number of likely N-dealkylation sites (N-methyl/N-ethyl adjacent to an activating group) is 1. The molecule has 0 saturated carbocycles. The van der Waals surface area contributed by atoms with Crippen LogP contribution in [0.2, 0.25) is 0 Å². The van der Waals surface area contributed by atoms with Crippen LogP contribution in [-0.4, -0.2) is 89.0 Å². The lowest BCUT2D eigenvalue weighted by molar-refractivity contribution is 0.0356. The molecule has 0 unspecified atom stereocenters. The number of carbonyl (C=O) groups excluding carboxylic acids is 2. The molecule has 4 atom stereocenters. The van der Waals surface area contributed by atoms with Crippen LogP contribution in [0.1, 0.15) is 36.7 Å². The molecule has 2 aromatic rings. The lowest BCUT2D eigenvalue weighted by Crippen LogP contribution is -2.50. The Bertz CT molecular complexity index is 1160. The van der Waals surface area contributed by atoms with Gasteiger partial charge in [-0.25, -0.2) is 9.78 Å². The molecular formula is C27H34N4O6. The van der Waals surface area contributed by atoms with Crippen LogP contribution in [0.15, 0.2) is 36.5 Å². The fourth-order valence-corrected chi connectivity index (χ4v) is 3.82. The second-order valence-electron chi connectivity index (χ2n) is 9.18. The number of nitrogens with zero attached hydrogens (tertiary/aromatic N) is 3. The number of anilines is 1. The Balaban J connectivity index is 1.85. The van der Waals surface area contributed by atoms with Crippen molar-refractivity contribution in [1.29, 1.82) is 0 Å². The summed E-state index contributed by atoms with van der Waals surface area (Å²) in [5, 5.41) is 22.1. The van der Waals surface area contributed by atoms with Crippen LogP contribution >= 0.6 is 0 Å². The van der Waals surface area contributed by atoms with Gasteiger partial charge in [-0.05, 0) is 44.2 Å². The third-order valence-electron chi connectivity index (χ3n) is 6.09. The number of ether oxygens (including phenoxy) is 2. The highest BCUT2D eigenvalue weighted by Gasteiger charge is 2.34. The molecule has 0 fully saturated rings. The van der Waals surface area contributed by atoms with E-state index in [0.29, 0.717) is 23.5 Å². The summed E-state index contributed by atoms with van der Waals surface area (Å²) in [6.45, 7) is 5.56. The molecule has 3 rings (SSSR count). The van der Waals surface area contributed by atoms with Crippen LogP contribution in [-0.2, 0) is 0 Å². The van der Waals surface area contributed by atoms with E-state index >= 15 is 0 Å². The number of aromatic nitrogens is 1. The van der Waals surface area contributed by atoms with Crippen molar-refractivity contribution >= 4 is 17.6 Å². The molecule has 0 aliphatic carbocycles. The van der Waals surface area contributed by atoms with Gasteiger partial charge in [0.05, 0.1) is 26.3 Å². The quantitative estimate of drug-likeness (QED) is 0.509. The second-order valence-corrected chi connectivity index (χ2v) is 9.18. The standard InChI is InChI=1S/C27H34N4O6/c1-17-14-31(18(2)16-32)26(34)23-12-20(7-6-19(3)33)13-28-25(23)37-24(17)15-30(4)27(35)29-21-8-10-22(36-5)11-9-21/h8-13,17-19,24,32-33H,14-16H2,1-5H3,(H,29,35)/t17-,18+,19-,24+/m1/s1. The van der Waals surface area contributed by atoms with Crippen LogP contribution in [0.5, 0.6) is 11.6 Å². The third kappa shape index (κ3) is 7.12. The van der Waals surface area contributed by atoms with Crippen LogP contribution in [0.4, 0.5) is 10.5 Å². The van der Waals surface area contributed by atoms with Gasteiger partial charge in [0, 0.05) is 37.0 Å². The van der Waals surface area contributed by atoms with Crippen LogP contribution in [0, 0.1) is 17.8 Å². The number of pyridine rings is 1. The number of aliphatic hydroxyl groups is 2. The summed E-state index contributed by atoms with van der Waals surface area (Å²) in [5.41, 5.74) is 1.28. The Morgan fingerprint density at radius 2 is 2.05 bits per heavy atom. The molecule has 1 aromatic carbocycles. The predicted molar refractivity (Wildman–Crippen MR) is 139 cm³/mol. The van der Waals surface area contributed by atoms with Crippen molar-refractivity contribution in [2.24, 2.45) is 5.92 Å². The fourth-order valence-electron chi connectivity index (χ4n) is 3.82. The molecule has 1 aliphatic rings. The lowest BCUT2D eigenvalue weighted by atomic mass is 10.00. The Morgan fingerprint density at radius 1 is 1.35 bits per heavy atom. The van der Waals surface area contributed by atoms with E-state index in [2.05, 4.69) is 22.1 Å². The summed E-state index contributed by atoms with van der Waals surface area (Å²) in [4.78, 5) is 33.7. The normalized spacial score (nSPS) is 18.7. The summed E-state index contributed by atoms with van der Waals surface area (Å²) < 4.78 is 11.4. The molecule has 1 aromatic heterocycles. The largest absolute Gasteiger partial charge is 0.497 e. The average Bonchev–Trinajstić information content (AvgIpc) is 2.89. The average molecular weight is 511 g/mol. The summed E-state index contributed by atoms with van der Waals surface area (Å²) in [6.07, 6.45) is 0.156. The molecule has 0 radical (unpaired) electrons. The van der Waals surface area contributed by atoms with Gasteiger partial charge < -0.3 is 34.8 Å². The SMILES string of the molecule is COc1ccc(NC(=O)N(C)C[C@@H]2Oc3ncc(C#C[C@@H](C)O)cc3C(=O)N([C@@H](C)CO)C[C@H]2C)cc1. The van der Waals surface area contributed by atoms with Gasteiger partial charge in [-0.3, -0.25) is 4.79 Å². The Kier molecular flexibility index (Phi) is 9.33. The van der Waals surface area contributed by atoms with Gasteiger partial charge >= 0.3 is 6.03 Å². The van der Waals surface area contributed by atoms with Gasteiger partial charge in [0.2, 0.25) is 5.88 Å². The Labute approximate surface area is 217 Å². The van der Waals surface area contributed by atoms with Gasteiger partial charge in [-0.15, -0.1) is 0 Å². The first-order valence-electron chi connectivity index (χ1n) is 12.1. The van der Waals surface area contributed by atoms with Crippen LogP contribution in [0.25, 0.3) is 0 Å². The molecule has 10 nitrogen and oxygen atoms in total. The van der Waals surface area contributed by atoms with Gasteiger partial charge in [-0.2, -0.15) is 0 Å². The first-order chi connectivity index (χ1) is 17.6. The summed E-state index contributed by atoms with van der Waals surface area (Å²) in [6, 6.07) is 7.82. The molecule has 2 heterocycles.